The largest absolute Gasteiger partial charge is 0.495 e. The molecule has 0 spiro atoms. The summed E-state index contributed by atoms with van der Waals surface area (Å²) in [7, 11) is 3.54. The molecular formula is C21H36N4O2. The lowest BCUT2D eigenvalue weighted by Gasteiger charge is -2.21. The lowest BCUT2D eigenvalue weighted by molar-refractivity contribution is 0.128. The van der Waals surface area contributed by atoms with Crippen LogP contribution in [0.3, 0.4) is 0 Å². The average Bonchev–Trinajstić information content (AvgIpc) is 3.15. The molecule has 0 saturated carbocycles. The number of para-hydroxylation sites is 2. The standard InChI is InChI=1S/C21H36N4O2/c1-17(2)10-13-27-14-11-23-21(22-3)24-15-18-9-12-25(16-18)19-7-5-6-8-20(19)26-4/h5-8,17-18H,9-16H2,1-4H3,(H2,22,23,24). The van der Waals surface area contributed by atoms with Crippen LogP contribution in [-0.4, -0.2) is 59.5 Å². The highest BCUT2D eigenvalue weighted by atomic mass is 16.5. The minimum Gasteiger partial charge on any atom is -0.495 e. The van der Waals surface area contributed by atoms with E-state index in [1.54, 1.807) is 7.11 Å². The minimum absolute atomic E-state index is 0.593. The molecule has 0 amide bonds. The molecule has 0 bridgehead atoms. The van der Waals surface area contributed by atoms with E-state index in [2.05, 4.69) is 46.5 Å². The number of anilines is 1. The average molecular weight is 377 g/mol. The van der Waals surface area contributed by atoms with E-state index in [4.69, 9.17) is 9.47 Å². The Morgan fingerprint density at radius 1 is 1.26 bits per heavy atom. The van der Waals surface area contributed by atoms with Crippen LogP contribution in [0.2, 0.25) is 0 Å². The molecule has 1 fully saturated rings. The fourth-order valence-corrected chi connectivity index (χ4v) is 3.23. The molecule has 152 valence electrons. The monoisotopic (exact) mass is 376 g/mol. The predicted octanol–water partition coefficient (Wildman–Crippen LogP) is 2.75. The number of methoxy groups -OCH3 is 1. The van der Waals surface area contributed by atoms with Gasteiger partial charge in [-0.15, -0.1) is 0 Å². The van der Waals surface area contributed by atoms with Gasteiger partial charge in [0.2, 0.25) is 0 Å². The normalized spacial score (nSPS) is 17.4. The first-order valence-electron chi connectivity index (χ1n) is 10.0. The second-order valence-corrected chi connectivity index (χ2v) is 7.45. The van der Waals surface area contributed by atoms with Crippen molar-refractivity contribution in [1.82, 2.24) is 10.6 Å². The highest BCUT2D eigenvalue weighted by Gasteiger charge is 2.24. The van der Waals surface area contributed by atoms with E-state index in [0.717, 1.165) is 50.9 Å². The van der Waals surface area contributed by atoms with Gasteiger partial charge in [-0.1, -0.05) is 26.0 Å². The van der Waals surface area contributed by atoms with E-state index in [-0.39, 0.29) is 0 Å². The zero-order chi connectivity index (χ0) is 19.5. The third-order valence-electron chi connectivity index (χ3n) is 4.87. The minimum atomic E-state index is 0.593. The Hall–Kier alpha value is -1.95. The summed E-state index contributed by atoms with van der Waals surface area (Å²) in [5.41, 5.74) is 1.18. The number of rotatable bonds is 10. The van der Waals surface area contributed by atoms with E-state index in [1.807, 2.05) is 19.2 Å². The summed E-state index contributed by atoms with van der Waals surface area (Å²) in [6.45, 7) is 9.74. The number of nitrogens with one attached hydrogen (secondary N) is 2. The van der Waals surface area contributed by atoms with Crippen LogP contribution < -0.4 is 20.3 Å². The Morgan fingerprint density at radius 3 is 2.81 bits per heavy atom. The van der Waals surface area contributed by atoms with Gasteiger partial charge in [0, 0.05) is 39.8 Å². The molecule has 1 aromatic rings. The van der Waals surface area contributed by atoms with Gasteiger partial charge in [0.1, 0.15) is 5.75 Å². The van der Waals surface area contributed by atoms with Gasteiger partial charge in [-0.25, -0.2) is 0 Å². The van der Waals surface area contributed by atoms with Crippen molar-refractivity contribution in [2.75, 3.05) is 58.5 Å². The van der Waals surface area contributed by atoms with Crippen LogP contribution >= 0.6 is 0 Å². The fourth-order valence-electron chi connectivity index (χ4n) is 3.23. The molecule has 0 aliphatic carbocycles. The van der Waals surface area contributed by atoms with E-state index in [1.165, 1.54) is 12.1 Å². The van der Waals surface area contributed by atoms with Crippen molar-refractivity contribution in [3.63, 3.8) is 0 Å². The molecule has 1 saturated heterocycles. The summed E-state index contributed by atoms with van der Waals surface area (Å²) in [5, 5.41) is 6.77. The maximum absolute atomic E-state index is 5.64. The van der Waals surface area contributed by atoms with Gasteiger partial charge in [-0.05, 0) is 36.8 Å². The molecule has 1 aliphatic heterocycles. The molecule has 2 rings (SSSR count). The molecule has 6 nitrogen and oxygen atoms in total. The number of hydrogen-bond acceptors (Lipinski definition) is 4. The van der Waals surface area contributed by atoms with Crippen LogP contribution in [0, 0.1) is 11.8 Å². The number of hydrogen-bond donors (Lipinski definition) is 2. The van der Waals surface area contributed by atoms with Gasteiger partial charge in [-0.2, -0.15) is 0 Å². The lowest BCUT2D eigenvalue weighted by atomic mass is 10.1. The molecule has 2 N–H and O–H groups in total. The maximum Gasteiger partial charge on any atom is 0.191 e. The topological polar surface area (TPSA) is 58.1 Å². The van der Waals surface area contributed by atoms with Crippen molar-refractivity contribution in [1.29, 1.82) is 0 Å². The van der Waals surface area contributed by atoms with Crippen molar-refractivity contribution < 1.29 is 9.47 Å². The van der Waals surface area contributed by atoms with Crippen LogP contribution in [0.4, 0.5) is 5.69 Å². The van der Waals surface area contributed by atoms with Crippen molar-refractivity contribution in [2.24, 2.45) is 16.8 Å². The zero-order valence-electron chi connectivity index (χ0n) is 17.3. The van der Waals surface area contributed by atoms with E-state index >= 15 is 0 Å². The highest BCUT2D eigenvalue weighted by Crippen LogP contribution is 2.31. The smallest absolute Gasteiger partial charge is 0.191 e. The maximum atomic E-state index is 5.64. The molecule has 1 aromatic carbocycles. The summed E-state index contributed by atoms with van der Waals surface area (Å²) >= 11 is 0. The molecule has 1 unspecified atom stereocenters. The van der Waals surface area contributed by atoms with Gasteiger partial charge in [-0.3, -0.25) is 4.99 Å². The zero-order valence-corrected chi connectivity index (χ0v) is 17.3. The summed E-state index contributed by atoms with van der Waals surface area (Å²) in [4.78, 5) is 6.71. The quantitative estimate of drug-likeness (QED) is 0.374. The van der Waals surface area contributed by atoms with E-state index in [0.29, 0.717) is 18.4 Å². The molecule has 1 aliphatic rings. The first kappa shape index (κ1) is 21.4. The third-order valence-corrected chi connectivity index (χ3v) is 4.87. The second-order valence-electron chi connectivity index (χ2n) is 7.45. The Bertz CT molecular complexity index is 577. The van der Waals surface area contributed by atoms with Crippen LogP contribution in [0.5, 0.6) is 5.75 Å². The number of aliphatic imine (C=N–C) groups is 1. The molecule has 6 heteroatoms. The van der Waals surface area contributed by atoms with Gasteiger partial charge in [0.05, 0.1) is 19.4 Å². The fraction of sp³-hybridized carbons (Fsp3) is 0.667. The van der Waals surface area contributed by atoms with Crippen LogP contribution in [0.1, 0.15) is 26.7 Å². The van der Waals surface area contributed by atoms with Crippen LogP contribution in [0.15, 0.2) is 29.3 Å². The Morgan fingerprint density at radius 2 is 2.07 bits per heavy atom. The molecule has 1 heterocycles. The van der Waals surface area contributed by atoms with Crippen LogP contribution in [0.25, 0.3) is 0 Å². The van der Waals surface area contributed by atoms with Gasteiger partial charge in [0.15, 0.2) is 5.96 Å². The molecule has 0 aromatic heterocycles. The van der Waals surface area contributed by atoms with Gasteiger partial charge < -0.3 is 25.0 Å². The Balaban J connectivity index is 1.67. The van der Waals surface area contributed by atoms with Crippen molar-refractivity contribution in [3.05, 3.63) is 24.3 Å². The van der Waals surface area contributed by atoms with Crippen molar-refractivity contribution in [2.45, 2.75) is 26.7 Å². The summed E-state index contributed by atoms with van der Waals surface area (Å²) in [6, 6.07) is 8.24. The van der Waals surface area contributed by atoms with E-state index < -0.39 is 0 Å². The van der Waals surface area contributed by atoms with Crippen LogP contribution in [-0.2, 0) is 4.74 Å². The summed E-state index contributed by atoms with van der Waals surface area (Å²) < 4.78 is 11.1. The molecular weight excluding hydrogens is 340 g/mol. The van der Waals surface area contributed by atoms with Gasteiger partial charge in [0.25, 0.3) is 0 Å². The predicted molar refractivity (Wildman–Crippen MR) is 113 cm³/mol. The second kappa shape index (κ2) is 11.7. The lowest BCUT2D eigenvalue weighted by Crippen LogP contribution is -2.41. The molecule has 1 atom stereocenters. The Kier molecular flexibility index (Phi) is 9.25. The van der Waals surface area contributed by atoms with Crippen molar-refractivity contribution >= 4 is 11.6 Å². The molecule has 0 radical (unpaired) electrons. The van der Waals surface area contributed by atoms with E-state index in [9.17, 15) is 0 Å². The Labute approximate surface area is 164 Å². The number of benzene rings is 1. The first-order valence-corrected chi connectivity index (χ1v) is 10.0. The highest BCUT2D eigenvalue weighted by molar-refractivity contribution is 5.79. The number of ether oxygens (including phenoxy) is 2. The summed E-state index contributed by atoms with van der Waals surface area (Å²) in [5.74, 6) is 3.07. The SMILES string of the molecule is CN=C(NCCOCCC(C)C)NCC1CCN(c2ccccc2OC)C1. The first-order chi connectivity index (χ1) is 13.1. The third kappa shape index (κ3) is 7.29. The van der Waals surface area contributed by atoms with Gasteiger partial charge >= 0.3 is 0 Å². The van der Waals surface area contributed by atoms with Crippen molar-refractivity contribution in [3.8, 4) is 5.75 Å². The number of guanidine groups is 1. The number of nitrogens with zero attached hydrogens (tertiary/aromatic N) is 2. The summed E-state index contributed by atoms with van der Waals surface area (Å²) in [6.07, 6.45) is 2.28. The molecule has 27 heavy (non-hydrogen) atoms.